The third-order valence-corrected chi connectivity index (χ3v) is 3.28. The zero-order valence-electron chi connectivity index (χ0n) is 7.00. The van der Waals surface area contributed by atoms with Crippen LogP contribution in [-0.2, 0) is 0 Å². The number of hydrogen-bond donors (Lipinski definition) is 0. The maximum Gasteiger partial charge on any atom is 0.100 e. The molecule has 12 heavy (non-hydrogen) atoms. The quantitative estimate of drug-likeness (QED) is 0.678. The molecule has 0 heterocycles. The van der Waals surface area contributed by atoms with Gasteiger partial charge in [0.1, 0.15) is 6.07 Å². The Morgan fingerprint density at radius 2 is 2.00 bits per heavy atom. The molecule has 0 atom stereocenters. The van der Waals surface area contributed by atoms with Gasteiger partial charge in [0, 0.05) is 9.79 Å². The van der Waals surface area contributed by atoms with E-state index in [-0.39, 0.29) is 0 Å². The summed E-state index contributed by atoms with van der Waals surface area (Å²) in [5.41, 5.74) is 0.773. The predicted molar refractivity (Wildman–Crippen MR) is 54.7 cm³/mol. The van der Waals surface area contributed by atoms with E-state index in [1.54, 1.807) is 23.5 Å². The molecule has 1 aromatic rings. The molecule has 0 aliphatic heterocycles. The van der Waals surface area contributed by atoms with Crippen molar-refractivity contribution in [3.8, 4) is 6.07 Å². The Morgan fingerprint density at radius 3 is 2.50 bits per heavy atom. The average molecular weight is 195 g/mol. The second-order valence-corrected chi connectivity index (χ2v) is 3.82. The molecule has 0 radical (unpaired) electrons. The minimum absolute atomic E-state index is 0.773. The molecule has 1 aromatic carbocycles. The molecule has 0 aliphatic carbocycles. The number of nitriles is 1. The molecular formula is C9H9NS2. The van der Waals surface area contributed by atoms with E-state index >= 15 is 0 Å². The number of rotatable bonds is 2. The normalized spacial score (nSPS) is 9.42. The first-order valence-corrected chi connectivity index (χ1v) is 5.89. The lowest BCUT2D eigenvalue weighted by molar-refractivity contribution is 1.22. The van der Waals surface area contributed by atoms with E-state index in [4.69, 9.17) is 5.26 Å². The standard InChI is InChI=1S/C9H9NS2/c1-11-8-5-3-4-7(6-10)9(8)12-2/h3-5H,1-2H3. The Hall–Kier alpha value is -0.590. The van der Waals surface area contributed by atoms with Crippen LogP contribution in [0.2, 0.25) is 0 Å². The van der Waals surface area contributed by atoms with Crippen LogP contribution < -0.4 is 0 Å². The summed E-state index contributed by atoms with van der Waals surface area (Å²) in [5, 5.41) is 8.80. The molecule has 0 aliphatic rings. The molecule has 62 valence electrons. The highest BCUT2D eigenvalue weighted by Gasteiger charge is 2.04. The molecule has 0 bridgehead atoms. The van der Waals surface area contributed by atoms with Gasteiger partial charge < -0.3 is 0 Å². The van der Waals surface area contributed by atoms with Crippen molar-refractivity contribution in [2.45, 2.75) is 9.79 Å². The lowest BCUT2D eigenvalue weighted by atomic mass is 10.2. The Morgan fingerprint density at radius 1 is 1.25 bits per heavy atom. The van der Waals surface area contributed by atoms with Crippen LogP contribution in [0.4, 0.5) is 0 Å². The fourth-order valence-electron chi connectivity index (χ4n) is 0.975. The number of nitrogens with zero attached hydrogens (tertiary/aromatic N) is 1. The summed E-state index contributed by atoms with van der Waals surface area (Å²) in [6, 6.07) is 8.00. The van der Waals surface area contributed by atoms with Crippen molar-refractivity contribution >= 4 is 23.5 Å². The average Bonchev–Trinajstić information content (AvgIpc) is 2.16. The predicted octanol–water partition coefficient (Wildman–Crippen LogP) is 3.00. The van der Waals surface area contributed by atoms with Crippen molar-refractivity contribution in [3.63, 3.8) is 0 Å². The molecule has 0 saturated carbocycles. The van der Waals surface area contributed by atoms with Gasteiger partial charge in [0.25, 0.3) is 0 Å². The maximum atomic E-state index is 8.80. The topological polar surface area (TPSA) is 23.8 Å². The summed E-state index contributed by atoms with van der Waals surface area (Å²) in [5.74, 6) is 0. The van der Waals surface area contributed by atoms with Gasteiger partial charge in [0.2, 0.25) is 0 Å². The Labute approximate surface area is 81.2 Å². The number of thioether (sulfide) groups is 2. The summed E-state index contributed by atoms with van der Waals surface area (Å²) in [7, 11) is 0. The van der Waals surface area contributed by atoms with E-state index in [0.29, 0.717) is 0 Å². The van der Waals surface area contributed by atoms with Crippen LogP contribution in [0.1, 0.15) is 5.56 Å². The van der Waals surface area contributed by atoms with Crippen molar-refractivity contribution in [1.29, 1.82) is 5.26 Å². The van der Waals surface area contributed by atoms with E-state index in [1.807, 2.05) is 30.7 Å². The molecule has 1 nitrogen and oxygen atoms in total. The van der Waals surface area contributed by atoms with E-state index < -0.39 is 0 Å². The zero-order valence-corrected chi connectivity index (χ0v) is 8.63. The van der Waals surface area contributed by atoms with Gasteiger partial charge in [0.15, 0.2) is 0 Å². The van der Waals surface area contributed by atoms with E-state index in [0.717, 1.165) is 10.5 Å². The van der Waals surface area contributed by atoms with E-state index in [2.05, 4.69) is 6.07 Å². The molecule has 0 spiro atoms. The van der Waals surface area contributed by atoms with Crippen molar-refractivity contribution in [2.24, 2.45) is 0 Å². The molecule has 0 aromatic heterocycles. The molecule has 1 rings (SSSR count). The molecule has 0 fully saturated rings. The van der Waals surface area contributed by atoms with E-state index in [9.17, 15) is 0 Å². The summed E-state index contributed by atoms with van der Waals surface area (Å²) >= 11 is 3.31. The lowest BCUT2D eigenvalue weighted by Gasteiger charge is -2.04. The van der Waals surface area contributed by atoms with Gasteiger partial charge in [-0.25, -0.2) is 0 Å². The van der Waals surface area contributed by atoms with Gasteiger partial charge in [-0.3, -0.25) is 0 Å². The molecule has 0 amide bonds. The molecular weight excluding hydrogens is 186 g/mol. The van der Waals surface area contributed by atoms with Crippen molar-refractivity contribution in [2.75, 3.05) is 12.5 Å². The second kappa shape index (κ2) is 4.44. The molecule has 0 unspecified atom stereocenters. The highest BCUT2D eigenvalue weighted by atomic mass is 32.2. The second-order valence-electron chi connectivity index (χ2n) is 2.15. The van der Waals surface area contributed by atoms with Gasteiger partial charge in [-0.15, -0.1) is 23.5 Å². The first kappa shape index (κ1) is 9.50. The van der Waals surface area contributed by atoms with Crippen molar-refractivity contribution < 1.29 is 0 Å². The zero-order chi connectivity index (χ0) is 8.97. The Balaban J connectivity index is 3.24. The van der Waals surface area contributed by atoms with Gasteiger partial charge in [-0.2, -0.15) is 5.26 Å². The van der Waals surface area contributed by atoms with Crippen molar-refractivity contribution in [3.05, 3.63) is 23.8 Å². The highest BCUT2D eigenvalue weighted by Crippen LogP contribution is 2.30. The smallest absolute Gasteiger partial charge is 0.100 e. The van der Waals surface area contributed by atoms with Gasteiger partial charge in [-0.05, 0) is 24.6 Å². The van der Waals surface area contributed by atoms with Crippen LogP contribution in [0, 0.1) is 11.3 Å². The van der Waals surface area contributed by atoms with Gasteiger partial charge in [0.05, 0.1) is 5.56 Å². The summed E-state index contributed by atoms with van der Waals surface area (Å²) in [6.07, 6.45) is 4.02. The SMILES string of the molecule is CSc1cccc(C#N)c1SC. The van der Waals surface area contributed by atoms with Gasteiger partial charge >= 0.3 is 0 Å². The molecule has 0 saturated heterocycles. The largest absolute Gasteiger partial charge is 0.192 e. The van der Waals surface area contributed by atoms with Crippen LogP contribution in [0.15, 0.2) is 28.0 Å². The monoisotopic (exact) mass is 195 g/mol. The van der Waals surface area contributed by atoms with E-state index in [1.165, 1.54) is 4.90 Å². The Kier molecular flexibility index (Phi) is 3.51. The third kappa shape index (κ3) is 1.77. The molecule has 0 N–H and O–H groups in total. The van der Waals surface area contributed by atoms with Crippen molar-refractivity contribution in [1.82, 2.24) is 0 Å². The fourth-order valence-corrected chi connectivity index (χ4v) is 2.59. The van der Waals surface area contributed by atoms with Crippen LogP contribution in [0.25, 0.3) is 0 Å². The number of hydrogen-bond acceptors (Lipinski definition) is 3. The van der Waals surface area contributed by atoms with Gasteiger partial charge in [-0.1, -0.05) is 6.07 Å². The van der Waals surface area contributed by atoms with Crippen LogP contribution in [0.5, 0.6) is 0 Å². The lowest BCUT2D eigenvalue weighted by Crippen LogP contribution is -1.82. The highest BCUT2D eigenvalue weighted by molar-refractivity contribution is 8.01. The first-order valence-electron chi connectivity index (χ1n) is 3.44. The first-order chi connectivity index (χ1) is 5.83. The maximum absolute atomic E-state index is 8.80. The third-order valence-electron chi connectivity index (χ3n) is 1.52. The summed E-state index contributed by atoms with van der Waals surface area (Å²) in [6.45, 7) is 0. The summed E-state index contributed by atoms with van der Waals surface area (Å²) in [4.78, 5) is 2.27. The fraction of sp³-hybridized carbons (Fsp3) is 0.222. The van der Waals surface area contributed by atoms with Crippen LogP contribution in [0.3, 0.4) is 0 Å². The Bertz CT molecular complexity index is 315. The minimum atomic E-state index is 0.773. The minimum Gasteiger partial charge on any atom is -0.192 e. The van der Waals surface area contributed by atoms with Crippen LogP contribution >= 0.6 is 23.5 Å². The number of benzene rings is 1. The van der Waals surface area contributed by atoms with Crippen LogP contribution in [-0.4, -0.2) is 12.5 Å². The molecule has 3 heteroatoms. The summed E-state index contributed by atoms with van der Waals surface area (Å²) < 4.78 is 0.